The van der Waals surface area contributed by atoms with E-state index in [0.29, 0.717) is 5.75 Å². The van der Waals surface area contributed by atoms with Crippen molar-refractivity contribution in [1.82, 2.24) is 4.90 Å². The Morgan fingerprint density at radius 3 is 2.24 bits per heavy atom. The highest BCUT2D eigenvalue weighted by atomic mass is 79.9. The molecule has 0 radical (unpaired) electrons. The summed E-state index contributed by atoms with van der Waals surface area (Å²) in [5.41, 5.74) is 2.61. The number of para-hydroxylation sites is 1. The number of carbonyl (C=O) groups is 3. The van der Waals surface area contributed by atoms with Crippen LogP contribution in [0.25, 0.3) is 0 Å². The number of carbonyl (C=O) groups excluding carboxylic acids is 3. The third-order valence-corrected chi connectivity index (χ3v) is 4.61. The Labute approximate surface area is 178 Å². The van der Waals surface area contributed by atoms with E-state index >= 15 is 0 Å². The molecule has 0 spiro atoms. The number of nitrogens with zero attached hydrogens (tertiary/aromatic N) is 1. The van der Waals surface area contributed by atoms with E-state index in [0.717, 1.165) is 21.3 Å². The predicted molar refractivity (Wildman–Crippen MR) is 113 cm³/mol. The molecule has 0 atom stereocenters. The highest BCUT2D eigenvalue weighted by Crippen LogP contribution is 2.19. The van der Waals surface area contributed by atoms with Gasteiger partial charge in [0.1, 0.15) is 5.75 Å². The fourth-order valence-electron chi connectivity index (χ4n) is 2.46. The lowest BCUT2D eigenvalue weighted by Gasteiger charge is -2.18. The Morgan fingerprint density at radius 1 is 1.00 bits per heavy atom. The van der Waals surface area contributed by atoms with Crippen LogP contribution in [0, 0.1) is 13.8 Å². The van der Waals surface area contributed by atoms with Crippen molar-refractivity contribution in [2.75, 3.05) is 32.1 Å². The molecule has 154 valence electrons. The third-order valence-electron chi connectivity index (χ3n) is 4.08. The molecule has 0 aromatic heterocycles. The highest BCUT2D eigenvalue weighted by molar-refractivity contribution is 9.10. The minimum atomic E-state index is -0.672. The first-order valence-corrected chi connectivity index (χ1v) is 9.69. The number of esters is 1. The van der Waals surface area contributed by atoms with Gasteiger partial charge >= 0.3 is 5.97 Å². The predicted octanol–water partition coefficient (Wildman–Crippen LogP) is 3.09. The number of benzene rings is 2. The quantitative estimate of drug-likeness (QED) is 0.609. The van der Waals surface area contributed by atoms with Crippen molar-refractivity contribution in [1.29, 1.82) is 0 Å². The van der Waals surface area contributed by atoms with Crippen LogP contribution in [0.5, 0.6) is 5.75 Å². The number of rotatable bonds is 8. The molecule has 8 heteroatoms. The Balaban J connectivity index is 1.74. The van der Waals surface area contributed by atoms with E-state index in [4.69, 9.17) is 9.47 Å². The van der Waals surface area contributed by atoms with Crippen LogP contribution in [0.2, 0.25) is 0 Å². The molecule has 0 bridgehead atoms. The van der Waals surface area contributed by atoms with Crippen LogP contribution in [0.3, 0.4) is 0 Å². The second-order valence-corrected chi connectivity index (χ2v) is 7.38. The first kappa shape index (κ1) is 22.4. The Kier molecular flexibility index (Phi) is 8.21. The summed E-state index contributed by atoms with van der Waals surface area (Å²) in [5.74, 6) is -0.979. The smallest absolute Gasteiger partial charge is 0.344 e. The average Bonchev–Trinajstić information content (AvgIpc) is 2.68. The maximum atomic E-state index is 12.2. The van der Waals surface area contributed by atoms with Gasteiger partial charge in [-0.2, -0.15) is 0 Å². The maximum Gasteiger partial charge on any atom is 0.344 e. The first-order valence-electron chi connectivity index (χ1n) is 8.90. The number of ether oxygens (including phenoxy) is 2. The van der Waals surface area contributed by atoms with Crippen molar-refractivity contribution in [3.63, 3.8) is 0 Å². The molecule has 29 heavy (non-hydrogen) atoms. The summed E-state index contributed by atoms with van der Waals surface area (Å²) >= 11 is 3.30. The number of likely N-dealkylation sites (N-methyl/N-ethyl adjacent to an activating group) is 1. The normalized spacial score (nSPS) is 10.2. The number of halogens is 1. The van der Waals surface area contributed by atoms with Gasteiger partial charge in [0, 0.05) is 17.2 Å². The van der Waals surface area contributed by atoms with Crippen molar-refractivity contribution in [2.24, 2.45) is 0 Å². The van der Waals surface area contributed by atoms with Crippen LogP contribution in [0.1, 0.15) is 11.1 Å². The van der Waals surface area contributed by atoms with E-state index in [9.17, 15) is 14.4 Å². The molecule has 0 saturated heterocycles. The fraction of sp³-hybridized carbons (Fsp3) is 0.286. The van der Waals surface area contributed by atoms with Crippen molar-refractivity contribution < 1.29 is 23.9 Å². The van der Waals surface area contributed by atoms with E-state index in [1.807, 2.05) is 32.0 Å². The van der Waals surface area contributed by atoms with E-state index in [1.165, 1.54) is 11.9 Å². The van der Waals surface area contributed by atoms with Crippen molar-refractivity contribution >= 4 is 39.4 Å². The van der Waals surface area contributed by atoms with Gasteiger partial charge in [-0.1, -0.05) is 34.1 Å². The van der Waals surface area contributed by atoms with Gasteiger partial charge in [0.15, 0.2) is 13.2 Å². The van der Waals surface area contributed by atoms with Crippen LogP contribution in [0.4, 0.5) is 5.69 Å². The number of anilines is 1. The summed E-state index contributed by atoms with van der Waals surface area (Å²) in [6.45, 7) is 2.86. The lowest BCUT2D eigenvalue weighted by Crippen LogP contribution is -2.38. The topological polar surface area (TPSA) is 84.9 Å². The monoisotopic (exact) mass is 462 g/mol. The summed E-state index contributed by atoms with van der Waals surface area (Å²) in [6, 6.07) is 12.7. The molecule has 2 rings (SSSR count). The third kappa shape index (κ3) is 7.23. The molecular weight excluding hydrogens is 440 g/mol. The lowest BCUT2D eigenvalue weighted by atomic mass is 10.1. The van der Waals surface area contributed by atoms with Gasteiger partial charge in [0.05, 0.1) is 6.54 Å². The second-order valence-electron chi connectivity index (χ2n) is 6.47. The largest absolute Gasteiger partial charge is 0.482 e. The molecule has 0 saturated carbocycles. The zero-order valence-corrected chi connectivity index (χ0v) is 18.1. The first-order chi connectivity index (χ1) is 13.8. The lowest BCUT2D eigenvalue weighted by molar-refractivity contribution is -0.153. The van der Waals surface area contributed by atoms with Crippen LogP contribution in [-0.2, 0) is 19.1 Å². The SMILES string of the molecule is Cc1cccc(C)c1NC(=O)CN(C)C(=O)COC(=O)COc1ccc(Br)cc1. The number of aryl methyl sites for hydroxylation is 2. The van der Waals surface area contributed by atoms with Gasteiger partial charge in [0.25, 0.3) is 5.91 Å². The van der Waals surface area contributed by atoms with Crippen LogP contribution in [-0.4, -0.2) is 49.5 Å². The zero-order valence-electron chi connectivity index (χ0n) is 16.5. The molecular formula is C21H23BrN2O5. The van der Waals surface area contributed by atoms with Gasteiger partial charge in [-0.3, -0.25) is 9.59 Å². The highest BCUT2D eigenvalue weighted by Gasteiger charge is 2.16. The minimum Gasteiger partial charge on any atom is -0.482 e. The number of amides is 2. The van der Waals surface area contributed by atoms with Crippen LogP contribution < -0.4 is 10.1 Å². The standard InChI is InChI=1S/C21H23BrN2O5/c1-14-5-4-6-15(2)21(14)23-18(25)11-24(3)19(26)12-29-20(27)13-28-17-9-7-16(22)8-10-17/h4-10H,11-13H2,1-3H3,(H,23,25). The van der Waals surface area contributed by atoms with Gasteiger partial charge in [-0.05, 0) is 49.2 Å². The van der Waals surface area contributed by atoms with Gasteiger partial charge in [0.2, 0.25) is 5.91 Å². The van der Waals surface area contributed by atoms with Gasteiger partial charge < -0.3 is 19.7 Å². The molecule has 0 aliphatic rings. The fourth-order valence-corrected chi connectivity index (χ4v) is 2.73. The molecule has 2 aromatic rings. The number of nitrogens with one attached hydrogen (secondary N) is 1. The molecule has 0 unspecified atom stereocenters. The van der Waals surface area contributed by atoms with E-state index in [1.54, 1.807) is 24.3 Å². The molecule has 0 aliphatic heterocycles. The molecule has 0 fully saturated rings. The second kappa shape index (κ2) is 10.6. The zero-order chi connectivity index (χ0) is 21.4. The van der Waals surface area contributed by atoms with Gasteiger partial charge in [-0.25, -0.2) is 4.79 Å². The molecule has 7 nitrogen and oxygen atoms in total. The van der Waals surface area contributed by atoms with E-state index in [2.05, 4.69) is 21.2 Å². The molecule has 2 amide bonds. The Morgan fingerprint density at radius 2 is 1.62 bits per heavy atom. The summed E-state index contributed by atoms with van der Waals surface area (Å²) in [4.78, 5) is 37.3. The molecule has 2 aromatic carbocycles. The molecule has 0 aliphatic carbocycles. The van der Waals surface area contributed by atoms with Crippen LogP contribution in [0.15, 0.2) is 46.9 Å². The number of hydrogen-bond donors (Lipinski definition) is 1. The van der Waals surface area contributed by atoms with Gasteiger partial charge in [-0.15, -0.1) is 0 Å². The summed E-state index contributed by atoms with van der Waals surface area (Å²) < 4.78 is 11.1. The van der Waals surface area contributed by atoms with Crippen molar-refractivity contribution in [3.05, 3.63) is 58.1 Å². The Bertz CT molecular complexity index is 863. The summed E-state index contributed by atoms with van der Waals surface area (Å²) in [6.07, 6.45) is 0. The number of hydrogen-bond acceptors (Lipinski definition) is 5. The van der Waals surface area contributed by atoms with E-state index in [-0.39, 0.29) is 19.1 Å². The van der Waals surface area contributed by atoms with Crippen molar-refractivity contribution in [2.45, 2.75) is 13.8 Å². The molecule has 1 N–H and O–H groups in total. The summed E-state index contributed by atoms with van der Waals surface area (Å²) in [5, 5.41) is 2.81. The summed E-state index contributed by atoms with van der Waals surface area (Å²) in [7, 11) is 1.47. The van der Waals surface area contributed by atoms with E-state index < -0.39 is 18.5 Å². The van der Waals surface area contributed by atoms with Crippen LogP contribution >= 0.6 is 15.9 Å². The Hall–Kier alpha value is -2.87. The average molecular weight is 463 g/mol. The molecule has 0 heterocycles. The maximum absolute atomic E-state index is 12.2. The minimum absolute atomic E-state index is 0.153. The van der Waals surface area contributed by atoms with Crippen molar-refractivity contribution in [3.8, 4) is 5.75 Å².